The van der Waals surface area contributed by atoms with Crippen molar-refractivity contribution < 1.29 is 4.74 Å². The molecule has 0 amide bonds. The van der Waals surface area contributed by atoms with Gasteiger partial charge in [-0.05, 0) is 37.5 Å². The average molecular weight is 327 g/mol. The van der Waals surface area contributed by atoms with Crippen molar-refractivity contribution in [2.24, 2.45) is 5.73 Å². The molecule has 1 aliphatic rings. The van der Waals surface area contributed by atoms with E-state index in [4.69, 9.17) is 10.5 Å². The van der Waals surface area contributed by atoms with Gasteiger partial charge in [-0.25, -0.2) is 0 Å². The topological polar surface area (TPSA) is 47.3 Å². The van der Waals surface area contributed by atoms with Crippen molar-refractivity contribution in [1.29, 1.82) is 0 Å². The zero-order valence-corrected chi connectivity index (χ0v) is 13.1. The minimum Gasteiger partial charge on any atom is -0.378 e. The van der Waals surface area contributed by atoms with Crippen LogP contribution in [0.5, 0.6) is 0 Å². The summed E-state index contributed by atoms with van der Waals surface area (Å²) < 4.78 is 6.92. The highest BCUT2D eigenvalue weighted by Crippen LogP contribution is 2.30. The molecule has 1 aliphatic heterocycles. The van der Waals surface area contributed by atoms with E-state index in [1.807, 2.05) is 12.1 Å². The predicted octanol–water partition coefficient (Wildman–Crippen LogP) is 3.54. The molecule has 2 unspecified atom stereocenters. The van der Waals surface area contributed by atoms with E-state index in [9.17, 15) is 0 Å². The van der Waals surface area contributed by atoms with Crippen LogP contribution >= 0.6 is 15.9 Å². The largest absolute Gasteiger partial charge is 0.378 e. The van der Waals surface area contributed by atoms with Crippen LogP contribution in [-0.4, -0.2) is 24.8 Å². The molecule has 1 aromatic carbocycles. The first-order valence-corrected chi connectivity index (χ1v) is 7.82. The third-order valence-corrected chi connectivity index (χ3v) is 4.28. The first kappa shape index (κ1) is 14.8. The maximum absolute atomic E-state index is 6.05. The molecule has 19 heavy (non-hydrogen) atoms. The second kappa shape index (κ2) is 6.73. The molecule has 3 N–H and O–H groups in total. The van der Waals surface area contributed by atoms with Crippen LogP contribution < -0.4 is 11.1 Å². The zero-order chi connectivity index (χ0) is 13.7. The van der Waals surface area contributed by atoms with Gasteiger partial charge in [0, 0.05) is 23.3 Å². The maximum Gasteiger partial charge on any atom is 0.0597 e. The maximum atomic E-state index is 6.05. The minimum atomic E-state index is -0.0289. The lowest BCUT2D eigenvalue weighted by atomic mass is 9.85. The number of ether oxygens (including phenoxy) is 1. The number of anilines is 1. The van der Waals surface area contributed by atoms with Crippen molar-refractivity contribution in [3.8, 4) is 0 Å². The Morgan fingerprint density at radius 3 is 3.05 bits per heavy atom. The Morgan fingerprint density at radius 1 is 1.53 bits per heavy atom. The SMILES string of the molecule is CCCC1CC(CN)(Nc2cccc(Br)c2)CCO1. The van der Waals surface area contributed by atoms with Gasteiger partial charge in [0.25, 0.3) is 0 Å². The number of nitrogens with one attached hydrogen (secondary N) is 1. The average Bonchev–Trinajstić information content (AvgIpc) is 2.39. The monoisotopic (exact) mass is 326 g/mol. The van der Waals surface area contributed by atoms with Crippen LogP contribution in [0.4, 0.5) is 5.69 Å². The fourth-order valence-corrected chi connectivity index (χ4v) is 3.15. The van der Waals surface area contributed by atoms with Gasteiger partial charge in [0.2, 0.25) is 0 Å². The number of benzene rings is 1. The van der Waals surface area contributed by atoms with E-state index in [0.717, 1.165) is 42.5 Å². The molecule has 0 saturated carbocycles. The fourth-order valence-electron chi connectivity index (χ4n) is 2.75. The van der Waals surface area contributed by atoms with Crippen LogP contribution in [0.1, 0.15) is 32.6 Å². The molecule has 3 nitrogen and oxygen atoms in total. The lowest BCUT2D eigenvalue weighted by Crippen LogP contribution is -2.52. The van der Waals surface area contributed by atoms with E-state index >= 15 is 0 Å². The highest BCUT2D eigenvalue weighted by molar-refractivity contribution is 9.10. The van der Waals surface area contributed by atoms with Gasteiger partial charge in [-0.3, -0.25) is 0 Å². The standard InChI is InChI=1S/C15H23BrN2O/c1-2-4-14-10-15(11-17,7-8-19-14)18-13-6-3-5-12(16)9-13/h3,5-6,9,14,18H,2,4,7-8,10-11,17H2,1H3. The Bertz CT molecular complexity index is 411. The van der Waals surface area contributed by atoms with Gasteiger partial charge >= 0.3 is 0 Å². The summed E-state index contributed by atoms with van der Waals surface area (Å²) in [4.78, 5) is 0. The molecule has 0 spiro atoms. The lowest BCUT2D eigenvalue weighted by Gasteiger charge is -2.41. The molecule has 2 rings (SSSR count). The number of hydrogen-bond donors (Lipinski definition) is 2. The lowest BCUT2D eigenvalue weighted by molar-refractivity contribution is -0.0155. The van der Waals surface area contributed by atoms with Gasteiger partial charge in [-0.15, -0.1) is 0 Å². The molecule has 0 aromatic heterocycles. The zero-order valence-electron chi connectivity index (χ0n) is 11.5. The van der Waals surface area contributed by atoms with Crippen molar-refractivity contribution in [1.82, 2.24) is 0 Å². The Balaban J connectivity index is 2.09. The number of nitrogens with two attached hydrogens (primary N) is 1. The Kier molecular flexibility index (Phi) is 5.25. The summed E-state index contributed by atoms with van der Waals surface area (Å²) in [6, 6.07) is 8.26. The molecule has 1 saturated heterocycles. The van der Waals surface area contributed by atoms with Crippen LogP contribution in [0.15, 0.2) is 28.7 Å². The third kappa shape index (κ3) is 3.94. The smallest absolute Gasteiger partial charge is 0.0597 e. The summed E-state index contributed by atoms with van der Waals surface area (Å²) in [7, 11) is 0. The van der Waals surface area contributed by atoms with Crippen LogP contribution in [0.2, 0.25) is 0 Å². The van der Waals surface area contributed by atoms with Gasteiger partial charge in [0.15, 0.2) is 0 Å². The number of rotatable bonds is 5. The summed E-state index contributed by atoms with van der Waals surface area (Å²) in [5, 5.41) is 3.64. The van der Waals surface area contributed by atoms with Gasteiger partial charge in [-0.1, -0.05) is 35.3 Å². The second-order valence-corrected chi connectivity index (χ2v) is 6.27. The van der Waals surface area contributed by atoms with Crippen LogP contribution in [0, 0.1) is 0 Å². The first-order chi connectivity index (χ1) is 9.17. The van der Waals surface area contributed by atoms with E-state index in [-0.39, 0.29) is 5.54 Å². The van der Waals surface area contributed by atoms with E-state index in [2.05, 4.69) is 40.3 Å². The van der Waals surface area contributed by atoms with Crippen molar-refractivity contribution in [2.45, 2.75) is 44.2 Å². The molecule has 1 aromatic rings. The Hall–Kier alpha value is -0.580. The highest BCUT2D eigenvalue weighted by atomic mass is 79.9. The van der Waals surface area contributed by atoms with E-state index in [0.29, 0.717) is 12.6 Å². The number of halogens is 1. The molecule has 2 atom stereocenters. The van der Waals surface area contributed by atoms with Crippen molar-refractivity contribution in [2.75, 3.05) is 18.5 Å². The molecule has 0 radical (unpaired) electrons. The summed E-state index contributed by atoms with van der Waals surface area (Å²) in [5.41, 5.74) is 7.15. The van der Waals surface area contributed by atoms with E-state index in [1.54, 1.807) is 0 Å². The van der Waals surface area contributed by atoms with E-state index < -0.39 is 0 Å². The fraction of sp³-hybridized carbons (Fsp3) is 0.600. The number of hydrogen-bond acceptors (Lipinski definition) is 3. The molecule has 1 fully saturated rings. The van der Waals surface area contributed by atoms with Gasteiger partial charge in [0.1, 0.15) is 0 Å². The van der Waals surface area contributed by atoms with Crippen molar-refractivity contribution >= 4 is 21.6 Å². The predicted molar refractivity (Wildman–Crippen MR) is 83.4 cm³/mol. The van der Waals surface area contributed by atoms with Gasteiger partial charge in [-0.2, -0.15) is 0 Å². The molecular formula is C15H23BrN2O. The first-order valence-electron chi connectivity index (χ1n) is 7.03. The summed E-state index contributed by atoms with van der Waals surface area (Å²) in [6.45, 7) is 3.63. The summed E-state index contributed by atoms with van der Waals surface area (Å²) >= 11 is 3.51. The summed E-state index contributed by atoms with van der Waals surface area (Å²) in [6.07, 6.45) is 4.56. The molecule has 106 valence electrons. The molecule has 0 aliphatic carbocycles. The van der Waals surface area contributed by atoms with Crippen molar-refractivity contribution in [3.63, 3.8) is 0 Å². The molecular weight excluding hydrogens is 304 g/mol. The highest BCUT2D eigenvalue weighted by Gasteiger charge is 2.35. The minimum absolute atomic E-state index is 0.0289. The normalized spacial score (nSPS) is 27.2. The Labute approximate surface area is 124 Å². The quantitative estimate of drug-likeness (QED) is 0.870. The van der Waals surface area contributed by atoms with Crippen LogP contribution in [-0.2, 0) is 4.74 Å². The van der Waals surface area contributed by atoms with Crippen molar-refractivity contribution in [3.05, 3.63) is 28.7 Å². The van der Waals surface area contributed by atoms with Gasteiger partial charge in [0.05, 0.1) is 11.6 Å². The van der Waals surface area contributed by atoms with Crippen LogP contribution in [0.3, 0.4) is 0 Å². The molecule has 0 bridgehead atoms. The van der Waals surface area contributed by atoms with E-state index in [1.165, 1.54) is 0 Å². The molecule has 4 heteroatoms. The third-order valence-electron chi connectivity index (χ3n) is 3.79. The summed E-state index contributed by atoms with van der Waals surface area (Å²) in [5.74, 6) is 0. The second-order valence-electron chi connectivity index (χ2n) is 5.36. The van der Waals surface area contributed by atoms with Gasteiger partial charge < -0.3 is 15.8 Å². The van der Waals surface area contributed by atoms with Crippen LogP contribution in [0.25, 0.3) is 0 Å². The molecule has 1 heterocycles. The Morgan fingerprint density at radius 2 is 2.37 bits per heavy atom.